The molecule has 0 saturated heterocycles. The topological polar surface area (TPSA) is 45.5 Å². The number of hydrogen-bond acceptors (Lipinski definition) is 2. The van der Waals surface area contributed by atoms with Crippen molar-refractivity contribution in [2.24, 2.45) is 12.0 Å². The van der Waals surface area contributed by atoms with Crippen molar-refractivity contribution < 1.29 is 13.2 Å². The lowest BCUT2D eigenvalue weighted by molar-refractivity contribution is -0.137. The van der Waals surface area contributed by atoms with E-state index in [4.69, 9.17) is 0 Å². The van der Waals surface area contributed by atoms with Crippen LogP contribution in [0.15, 0.2) is 41.7 Å². The molecule has 25 heavy (non-hydrogen) atoms. The summed E-state index contributed by atoms with van der Waals surface area (Å²) >= 11 is 0. The average molecular weight is 353 g/mol. The summed E-state index contributed by atoms with van der Waals surface area (Å²) in [6.07, 6.45) is -0.670. The fourth-order valence-corrected chi connectivity index (χ4v) is 2.34. The first kappa shape index (κ1) is 18.8. The molecule has 0 fully saturated rings. The van der Waals surface area contributed by atoms with Gasteiger partial charge in [0.1, 0.15) is 0 Å². The minimum absolute atomic E-state index is 0.455. The van der Waals surface area contributed by atoms with E-state index in [1.54, 1.807) is 10.9 Å². The molecule has 1 N–H and O–H groups in total. The van der Waals surface area contributed by atoms with Gasteiger partial charge in [0, 0.05) is 38.9 Å². The molecule has 0 bridgehead atoms. The number of alkyl halides is 3. The molecular formula is C17H22F3N5. The number of guanidine groups is 1. The highest BCUT2D eigenvalue weighted by Crippen LogP contribution is 2.29. The molecule has 0 atom stereocenters. The first-order valence-corrected chi connectivity index (χ1v) is 7.92. The second-order valence-corrected chi connectivity index (χ2v) is 5.74. The van der Waals surface area contributed by atoms with Crippen molar-refractivity contribution in [3.05, 3.63) is 53.3 Å². The summed E-state index contributed by atoms with van der Waals surface area (Å²) in [6.45, 7) is 3.60. The molecular weight excluding hydrogens is 331 g/mol. The van der Waals surface area contributed by atoms with Crippen LogP contribution >= 0.6 is 0 Å². The maximum absolute atomic E-state index is 12.6. The summed E-state index contributed by atoms with van der Waals surface area (Å²) in [7, 11) is 3.69. The average Bonchev–Trinajstić information content (AvgIpc) is 2.96. The third-order valence-corrected chi connectivity index (χ3v) is 3.57. The van der Waals surface area contributed by atoms with E-state index in [0.717, 1.165) is 23.3 Å². The van der Waals surface area contributed by atoms with Crippen LogP contribution in [0, 0.1) is 0 Å². The summed E-state index contributed by atoms with van der Waals surface area (Å²) < 4.78 is 39.6. The molecule has 2 aromatic rings. The first-order chi connectivity index (χ1) is 11.8. The van der Waals surface area contributed by atoms with Crippen molar-refractivity contribution in [2.75, 3.05) is 13.6 Å². The van der Waals surface area contributed by atoms with Gasteiger partial charge < -0.3 is 10.2 Å². The van der Waals surface area contributed by atoms with Gasteiger partial charge in [0.15, 0.2) is 5.96 Å². The SMILES string of the molecule is CCNC(=NCc1cnn(C)c1)N(C)Cc1ccc(C(F)(F)F)cc1. The molecule has 0 amide bonds. The van der Waals surface area contributed by atoms with Gasteiger partial charge in [-0.15, -0.1) is 0 Å². The van der Waals surface area contributed by atoms with E-state index in [1.807, 2.05) is 32.1 Å². The van der Waals surface area contributed by atoms with Gasteiger partial charge in [-0.05, 0) is 24.6 Å². The zero-order valence-corrected chi connectivity index (χ0v) is 14.5. The van der Waals surface area contributed by atoms with Crippen LogP contribution in [0.25, 0.3) is 0 Å². The number of aliphatic imine (C=N–C) groups is 1. The number of rotatable bonds is 5. The Kier molecular flexibility index (Phi) is 6.06. The van der Waals surface area contributed by atoms with Gasteiger partial charge in [0.2, 0.25) is 0 Å². The van der Waals surface area contributed by atoms with Crippen LogP contribution in [-0.4, -0.2) is 34.2 Å². The monoisotopic (exact) mass is 353 g/mol. The molecule has 1 heterocycles. The zero-order valence-electron chi connectivity index (χ0n) is 14.5. The predicted octanol–water partition coefficient (Wildman–Crippen LogP) is 3.04. The van der Waals surface area contributed by atoms with Gasteiger partial charge >= 0.3 is 6.18 Å². The Morgan fingerprint density at radius 1 is 1.24 bits per heavy atom. The quantitative estimate of drug-likeness (QED) is 0.664. The number of aromatic nitrogens is 2. The molecule has 0 saturated carbocycles. The van der Waals surface area contributed by atoms with Gasteiger partial charge in [-0.2, -0.15) is 18.3 Å². The van der Waals surface area contributed by atoms with Crippen LogP contribution in [0.3, 0.4) is 0 Å². The lowest BCUT2D eigenvalue weighted by Crippen LogP contribution is -2.38. The van der Waals surface area contributed by atoms with E-state index < -0.39 is 11.7 Å². The Bertz CT molecular complexity index is 704. The Labute approximate surface area is 145 Å². The molecule has 0 aliphatic carbocycles. The second kappa shape index (κ2) is 8.04. The minimum atomic E-state index is -4.31. The van der Waals surface area contributed by atoms with Crippen molar-refractivity contribution in [3.8, 4) is 0 Å². The molecule has 136 valence electrons. The van der Waals surface area contributed by atoms with Crippen molar-refractivity contribution in [1.29, 1.82) is 0 Å². The Hall–Kier alpha value is -2.51. The van der Waals surface area contributed by atoms with Crippen molar-refractivity contribution in [1.82, 2.24) is 20.0 Å². The van der Waals surface area contributed by atoms with Crippen LogP contribution in [0.2, 0.25) is 0 Å². The zero-order chi connectivity index (χ0) is 18.4. The maximum Gasteiger partial charge on any atom is 0.416 e. The highest BCUT2D eigenvalue weighted by molar-refractivity contribution is 5.79. The van der Waals surface area contributed by atoms with E-state index in [1.165, 1.54) is 12.1 Å². The van der Waals surface area contributed by atoms with Gasteiger partial charge in [-0.25, -0.2) is 4.99 Å². The van der Waals surface area contributed by atoms with Crippen LogP contribution in [-0.2, 0) is 26.3 Å². The van der Waals surface area contributed by atoms with Gasteiger partial charge in [-0.3, -0.25) is 4.68 Å². The molecule has 1 aromatic heterocycles. The van der Waals surface area contributed by atoms with Crippen molar-refractivity contribution in [2.45, 2.75) is 26.2 Å². The lowest BCUT2D eigenvalue weighted by atomic mass is 10.1. The smallest absolute Gasteiger partial charge is 0.357 e. The predicted molar refractivity (Wildman–Crippen MR) is 90.9 cm³/mol. The molecule has 5 nitrogen and oxygen atoms in total. The molecule has 2 rings (SSSR count). The van der Waals surface area contributed by atoms with Crippen LogP contribution in [0.4, 0.5) is 13.2 Å². The van der Waals surface area contributed by atoms with Crippen LogP contribution in [0.1, 0.15) is 23.6 Å². The fraction of sp³-hybridized carbons (Fsp3) is 0.412. The van der Waals surface area contributed by atoms with Crippen LogP contribution in [0.5, 0.6) is 0 Å². The molecule has 0 spiro atoms. The number of halogens is 3. The summed E-state index contributed by atoms with van der Waals surface area (Å²) in [5.41, 5.74) is 1.12. The lowest BCUT2D eigenvalue weighted by Gasteiger charge is -2.22. The van der Waals surface area contributed by atoms with Gasteiger partial charge in [-0.1, -0.05) is 12.1 Å². The number of hydrogen-bond donors (Lipinski definition) is 1. The normalized spacial score (nSPS) is 12.3. The minimum Gasteiger partial charge on any atom is -0.357 e. The van der Waals surface area contributed by atoms with Gasteiger partial charge in [0.25, 0.3) is 0 Å². The third-order valence-electron chi connectivity index (χ3n) is 3.57. The van der Waals surface area contributed by atoms with E-state index in [-0.39, 0.29) is 0 Å². The maximum atomic E-state index is 12.6. The Morgan fingerprint density at radius 3 is 2.44 bits per heavy atom. The van der Waals surface area contributed by atoms with E-state index >= 15 is 0 Å². The number of benzene rings is 1. The second-order valence-electron chi connectivity index (χ2n) is 5.74. The van der Waals surface area contributed by atoms with E-state index in [2.05, 4.69) is 15.4 Å². The Morgan fingerprint density at radius 2 is 1.92 bits per heavy atom. The summed E-state index contributed by atoms with van der Waals surface area (Å²) in [6, 6.07) is 5.18. The summed E-state index contributed by atoms with van der Waals surface area (Å²) in [4.78, 5) is 6.43. The fourth-order valence-electron chi connectivity index (χ4n) is 2.34. The van der Waals surface area contributed by atoms with E-state index in [0.29, 0.717) is 25.6 Å². The molecule has 0 radical (unpaired) electrons. The summed E-state index contributed by atoms with van der Waals surface area (Å²) in [5, 5.41) is 7.29. The molecule has 0 unspecified atom stereocenters. The number of nitrogens with one attached hydrogen (secondary N) is 1. The molecule has 1 aromatic carbocycles. The van der Waals surface area contributed by atoms with Gasteiger partial charge in [0.05, 0.1) is 18.3 Å². The third kappa shape index (κ3) is 5.51. The van der Waals surface area contributed by atoms with Crippen LogP contribution < -0.4 is 5.32 Å². The summed E-state index contributed by atoms with van der Waals surface area (Å²) in [5.74, 6) is 0.686. The number of nitrogens with zero attached hydrogens (tertiary/aromatic N) is 4. The molecule has 0 aliphatic rings. The largest absolute Gasteiger partial charge is 0.416 e. The molecule has 0 aliphatic heterocycles. The highest BCUT2D eigenvalue weighted by Gasteiger charge is 2.29. The standard InChI is InChI=1S/C17H22F3N5/c1-4-21-16(22-9-14-10-23-25(3)12-14)24(2)11-13-5-7-15(8-6-13)17(18,19)20/h5-8,10,12H,4,9,11H2,1-3H3,(H,21,22). The Balaban J connectivity index is 2.05. The van der Waals surface area contributed by atoms with Crippen molar-refractivity contribution >= 4 is 5.96 Å². The number of aryl methyl sites for hydroxylation is 1. The highest BCUT2D eigenvalue weighted by atomic mass is 19.4. The molecule has 8 heteroatoms. The first-order valence-electron chi connectivity index (χ1n) is 7.92. The van der Waals surface area contributed by atoms with Crippen molar-refractivity contribution in [3.63, 3.8) is 0 Å². The van der Waals surface area contributed by atoms with E-state index in [9.17, 15) is 13.2 Å².